The summed E-state index contributed by atoms with van der Waals surface area (Å²) in [4.78, 5) is 7.04. The summed E-state index contributed by atoms with van der Waals surface area (Å²) >= 11 is 0. The number of nitrogens with zero attached hydrogens (tertiary/aromatic N) is 2. The van der Waals surface area contributed by atoms with Crippen LogP contribution >= 0.6 is 0 Å². The molecule has 1 aliphatic heterocycles. The fourth-order valence-electron chi connectivity index (χ4n) is 3.35. The van der Waals surface area contributed by atoms with Crippen molar-refractivity contribution in [2.24, 2.45) is 5.92 Å². The minimum absolute atomic E-state index is 0.558. The van der Waals surface area contributed by atoms with E-state index in [0.717, 1.165) is 30.5 Å². The molecule has 0 amide bonds. The van der Waals surface area contributed by atoms with Crippen molar-refractivity contribution < 1.29 is 0 Å². The maximum atomic E-state index is 4.63. The van der Waals surface area contributed by atoms with Crippen LogP contribution in [-0.2, 0) is 0 Å². The van der Waals surface area contributed by atoms with Crippen LogP contribution in [-0.4, -0.2) is 24.1 Å². The standard InChI is InChI=1S/C17H27N3/c1-14(12-15-6-5-7-15)19-16-8-9-17(18-13-16)20-10-3-2-4-11-20/h8-9,13-15,19H,2-7,10-12H2,1H3. The highest BCUT2D eigenvalue weighted by atomic mass is 15.2. The second-order valence-corrected chi connectivity index (χ2v) is 6.53. The van der Waals surface area contributed by atoms with Gasteiger partial charge in [-0.3, -0.25) is 0 Å². The van der Waals surface area contributed by atoms with Crippen molar-refractivity contribution in [1.29, 1.82) is 0 Å². The third-order valence-electron chi connectivity index (χ3n) is 4.75. The van der Waals surface area contributed by atoms with Crippen molar-refractivity contribution in [3.63, 3.8) is 0 Å². The second kappa shape index (κ2) is 6.47. The monoisotopic (exact) mass is 273 g/mol. The van der Waals surface area contributed by atoms with Crippen molar-refractivity contribution in [3.8, 4) is 0 Å². The molecule has 20 heavy (non-hydrogen) atoms. The molecule has 0 aromatic carbocycles. The molecule has 0 bridgehead atoms. The highest BCUT2D eigenvalue weighted by molar-refractivity contribution is 5.49. The number of aromatic nitrogens is 1. The molecule has 1 unspecified atom stereocenters. The van der Waals surface area contributed by atoms with Crippen LogP contribution < -0.4 is 10.2 Å². The Morgan fingerprint density at radius 1 is 1.20 bits per heavy atom. The maximum Gasteiger partial charge on any atom is 0.128 e. The summed E-state index contributed by atoms with van der Waals surface area (Å²) in [6.07, 6.45) is 11.6. The van der Waals surface area contributed by atoms with E-state index in [1.165, 1.54) is 44.9 Å². The van der Waals surface area contributed by atoms with E-state index < -0.39 is 0 Å². The molecule has 3 rings (SSSR count). The van der Waals surface area contributed by atoms with E-state index in [1.54, 1.807) is 0 Å². The van der Waals surface area contributed by atoms with E-state index in [2.05, 4.69) is 34.3 Å². The molecule has 2 heterocycles. The van der Waals surface area contributed by atoms with Gasteiger partial charge in [0.15, 0.2) is 0 Å². The molecule has 2 aliphatic rings. The number of hydrogen-bond donors (Lipinski definition) is 1. The van der Waals surface area contributed by atoms with Crippen molar-refractivity contribution in [3.05, 3.63) is 18.3 Å². The fourth-order valence-corrected chi connectivity index (χ4v) is 3.35. The van der Waals surface area contributed by atoms with Crippen LogP contribution in [0, 0.1) is 5.92 Å². The van der Waals surface area contributed by atoms with E-state index in [0.29, 0.717) is 6.04 Å². The topological polar surface area (TPSA) is 28.2 Å². The van der Waals surface area contributed by atoms with Crippen molar-refractivity contribution in [2.45, 2.75) is 57.9 Å². The Labute approximate surface area is 122 Å². The lowest BCUT2D eigenvalue weighted by atomic mass is 9.81. The molecule has 3 nitrogen and oxygen atoms in total. The SMILES string of the molecule is CC(CC1CCC1)Nc1ccc(N2CCCCC2)nc1. The van der Waals surface area contributed by atoms with Gasteiger partial charge < -0.3 is 10.2 Å². The second-order valence-electron chi connectivity index (χ2n) is 6.53. The van der Waals surface area contributed by atoms with Crippen LogP contribution in [0.25, 0.3) is 0 Å². The van der Waals surface area contributed by atoms with Crippen molar-refractivity contribution >= 4 is 11.5 Å². The van der Waals surface area contributed by atoms with Crippen molar-refractivity contribution in [1.82, 2.24) is 4.98 Å². The molecule has 110 valence electrons. The highest BCUT2D eigenvalue weighted by Gasteiger charge is 2.20. The number of anilines is 2. The van der Waals surface area contributed by atoms with Crippen LogP contribution in [0.1, 0.15) is 51.9 Å². The first-order valence-corrected chi connectivity index (χ1v) is 8.29. The van der Waals surface area contributed by atoms with Gasteiger partial charge in [0.1, 0.15) is 5.82 Å². The summed E-state index contributed by atoms with van der Waals surface area (Å²) in [6, 6.07) is 4.92. The van der Waals surface area contributed by atoms with Gasteiger partial charge in [0.25, 0.3) is 0 Å². The Morgan fingerprint density at radius 2 is 2.00 bits per heavy atom. The zero-order valence-corrected chi connectivity index (χ0v) is 12.6. The van der Waals surface area contributed by atoms with Gasteiger partial charge in [0.2, 0.25) is 0 Å². The molecule has 1 aliphatic carbocycles. The maximum absolute atomic E-state index is 4.63. The van der Waals surface area contributed by atoms with E-state index in [9.17, 15) is 0 Å². The van der Waals surface area contributed by atoms with Crippen LogP contribution in [0.3, 0.4) is 0 Å². The third kappa shape index (κ3) is 3.44. The Bertz CT molecular complexity index is 405. The Hall–Kier alpha value is -1.25. The first-order chi connectivity index (χ1) is 9.81. The Morgan fingerprint density at radius 3 is 2.60 bits per heavy atom. The lowest BCUT2D eigenvalue weighted by molar-refractivity contribution is 0.286. The third-order valence-corrected chi connectivity index (χ3v) is 4.75. The molecule has 1 saturated heterocycles. The summed E-state index contributed by atoms with van der Waals surface area (Å²) in [5.41, 5.74) is 1.16. The highest BCUT2D eigenvalue weighted by Crippen LogP contribution is 2.31. The molecule has 2 fully saturated rings. The predicted molar refractivity (Wildman–Crippen MR) is 85.3 cm³/mol. The number of piperidine rings is 1. The lowest BCUT2D eigenvalue weighted by Crippen LogP contribution is -2.30. The Balaban J connectivity index is 1.52. The fraction of sp³-hybridized carbons (Fsp3) is 0.706. The molecular weight excluding hydrogens is 246 g/mol. The van der Waals surface area contributed by atoms with Crippen LogP contribution in [0.5, 0.6) is 0 Å². The first kappa shape index (κ1) is 13.7. The van der Waals surface area contributed by atoms with E-state index in [1.807, 2.05) is 6.20 Å². The van der Waals surface area contributed by atoms with Crippen LogP contribution in [0.4, 0.5) is 11.5 Å². The zero-order chi connectivity index (χ0) is 13.8. The molecule has 1 aromatic rings. The normalized spacial score (nSPS) is 21.4. The molecule has 0 radical (unpaired) electrons. The molecule has 1 saturated carbocycles. The van der Waals surface area contributed by atoms with Gasteiger partial charge >= 0.3 is 0 Å². The van der Waals surface area contributed by atoms with E-state index in [4.69, 9.17) is 0 Å². The molecular formula is C17H27N3. The predicted octanol–water partition coefficient (Wildman–Crippen LogP) is 4.06. The molecule has 1 atom stereocenters. The van der Waals surface area contributed by atoms with E-state index >= 15 is 0 Å². The van der Waals surface area contributed by atoms with Gasteiger partial charge in [-0.05, 0) is 50.7 Å². The van der Waals surface area contributed by atoms with Gasteiger partial charge in [-0.1, -0.05) is 19.3 Å². The van der Waals surface area contributed by atoms with Crippen LogP contribution in [0.15, 0.2) is 18.3 Å². The minimum Gasteiger partial charge on any atom is -0.381 e. The number of hydrogen-bond acceptors (Lipinski definition) is 3. The minimum atomic E-state index is 0.558. The molecule has 3 heteroatoms. The first-order valence-electron chi connectivity index (χ1n) is 8.29. The van der Waals surface area contributed by atoms with Gasteiger partial charge in [0, 0.05) is 19.1 Å². The van der Waals surface area contributed by atoms with Crippen LogP contribution in [0.2, 0.25) is 0 Å². The summed E-state index contributed by atoms with van der Waals surface area (Å²) in [5.74, 6) is 2.10. The molecule has 1 N–H and O–H groups in total. The summed E-state index contributed by atoms with van der Waals surface area (Å²) < 4.78 is 0. The lowest BCUT2D eigenvalue weighted by Gasteiger charge is -2.29. The zero-order valence-electron chi connectivity index (χ0n) is 12.6. The van der Waals surface area contributed by atoms with Gasteiger partial charge in [-0.2, -0.15) is 0 Å². The van der Waals surface area contributed by atoms with Crippen molar-refractivity contribution in [2.75, 3.05) is 23.3 Å². The quantitative estimate of drug-likeness (QED) is 0.876. The summed E-state index contributed by atoms with van der Waals surface area (Å²) in [5, 5.41) is 3.59. The average Bonchev–Trinajstić information content (AvgIpc) is 2.45. The summed E-state index contributed by atoms with van der Waals surface area (Å²) in [7, 11) is 0. The molecule has 1 aromatic heterocycles. The largest absolute Gasteiger partial charge is 0.381 e. The number of nitrogens with one attached hydrogen (secondary N) is 1. The average molecular weight is 273 g/mol. The Kier molecular flexibility index (Phi) is 4.44. The molecule has 0 spiro atoms. The summed E-state index contributed by atoms with van der Waals surface area (Å²) in [6.45, 7) is 4.62. The van der Waals surface area contributed by atoms with Gasteiger partial charge in [-0.15, -0.1) is 0 Å². The van der Waals surface area contributed by atoms with E-state index in [-0.39, 0.29) is 0 Å². The number of rotatable bonds is 5. The smallest absolute Gasteiger partial charge is 0.128 e. The number of pyridine rings is 1. The van der Waals surface area contributed by atoms with Gasteiger partial charge in [-0.25, -0.2) is 4.98 Å². The van der Waals surface area contributed by atoms with Gasteiger partial charge in [0.05, 0.1) is 11.9 Å².